The molecule has 1 aliphatic carbocycles. The molecule has 0 fully saturated rings. The number of aromatic nitrogens is 1. The summed E-state index contributed by atoms with van der Waals surface area (Å²) in [5.41, 5.74) is 5.99. The molecule has 1 aromatic heterocycles. The Kier molecular flexibility index (Phi) is 5.82. The van der Waals surface area contributed by atoms with Crippen LogP contribution >= 0.6 is 12.4 Å². The minimum atomic E-state index is 0. The lowest BCUT2D eigenvalue weighted by atomic mass is 10.1. The van der Waals surface area contributed by atoms with Crippen LogP contribution in [0, 0.1) is 0 Å². The van der Waals surface area contributed by atoms with Crippen LogP contribution in [0.25, 0.3) is 22.2 Å². The van der Waals surface area contributed by atoms with E-state index in [0.29, 0.717) is 18.1 Å². The first kappa shape index (κ1) is 20.0. The molecular formula is C21H24ClN3O3. The maximum atomic E-state index is 5.65. The summed E-state index contributed by atoms with van der Waals surface area (Å²) in [7, 11) is 7.30. The van der Waals surface area contributed by atoms with Crippen LogP contribution < -0.4 is 9.47 Å². The summed E-state index contributed by atoms with van der Waals surface area (Å²) >= 11 is 0. The van der Waals surface area contributed by atoms with Gasteiger partial charge < -0.3 is 24.2 Å². The van der Waals surface area contributed by atoms with Gasteiger partial charge in [-0.2, -0.15) is 0 Å². The molecule has 0 unspecified atom stereocenters. The molecule has 2 aromatic carbocycles. The third kappa shape index (κ3) is 3.30. The lowest BCUT2D eigenvalue weighted by molar-refractivity contribution is 0.126. The van der Waals surface area contributed by atoms with E-state index in [1.54, 1.807) is 14.2 Å². The van der Waals surface area contributed by atoms with Crippen LogP contribution in [-0.2, 0) is 4.84 Å². The Morgan fingerprint density at radius 1 is 1.00 bits per heavy atom. The quantitative estimate of drug-likeness (QED) is 0.393. The first-order chi connectivity index (χ1) is 13.1. The number of hydrogen-bond donors (Lipinski definition) is 1. The smallest absolute Gasteiger partial charge is 0.161 e. The fraction of sp³-hybridized carbons (Fsp3) is 0.286. The highest BCUT2D eigenvalue weighted by molar-refractivity contribution is 6.29. The number of rotatable bonds is 6. The van der Waals surface area contributed by atoms with Gasteiger partial charge in [0.25, 0.3) is 0 Å². The Morgan fingerprint density at radius 3 is 2.36 bits per heavy atom. The molecule has 1 N–H and O–H groups in total. The number of ether oxygens (including phenoxy) is 2. The lowest BCUT2D eigenvalue weighted by Gasteiger charge is -2.11. The number of benzene rings is 2. The number of fused-ring (bicyclic) bond motifs is 5. The zero-order valence-corrected chi connectivity index (χ0v) is 17.2. The summed E-state index contributed by atoms with van der Waals surface area (Å²) < 4.78 is 11.0. The molecular weight excluding hydrogens is 378 g/mol. The Labute approximate surface area is 170 Å². The lowest BCUT2D eigenvalue weighted by Crippen LogP contribution is -2.17. The molecule has 0 spiro atoms. The van der Waals surface area contributed by atoms with Crippen molar-refractivity contribution in [2.45, 2.75) is 0 Å². The maximum Gasteiger partial charge on any atom is 0.161 e. The fourth-order valence-corrected chi connectivity index (χ4v) is 3.43. The summed E-state index contributed by atoms with van der Waals surface area (Å²) in [5, 5.41) is 5.63. The van der Waals surface area contributed by atoms with E-state index in [4.69, 9.17) is 14.3 Å². The van der Waals surface area contributed by atoms with Gasteiger partial charge in [-0.3, -0.25) is 0 Å². The monoisotopic (exact) mass is 401 g/mol. The van der Waals surface area contributed by atoms with Gasteiger partial charge in [0.15, 0.2) is 11.5 Å². The Balaban J connectivity index is 0.00000225. The minimum Gasteiger partial charge on any atom is -0.493 e. The molecule has 1 aliphatic rings. The van der Waals surface area contributed by atoms with Gasteiger partial charge in [-0.05, 0) is 32.3 Å². The molecule has 0 atom stereocenters. The first-order valence-corrected chi connectivity index (χ1v) is 8.86. The number of hydrogen-bond acceptors (Lipinski definition) is 5. The number of halogens is 1. The van der Waals surface area contributed by atoms with Crippen LogP contribution in [0.3, 0.4) is 0 Å². The molecule has 0 radical (unpaired) electrons. The summed E-state index contributed by atoms with van der Waals surface area (Å²) in [6, 6.07) is 12.2. The number of H-pyrrole nitrogens is 1. The highest BCUT2D eigenvalue weighted by Crippen LogP contribution is 2.45. The number of oxime groups is 1. The number of aromatic amines is 1. The minimum absolute atomic E-state index is 0. The van der Waals surface area contributed by atoms with Crippen molar-refractivity contribution in [1.29, 1.82) is 0 Å². The summed E-state index contributed by atoms with van der Waals surface area (Å²) in [6.45, 7) is 1.33. The topological polar surface area (TPSA) is 59.1 Å². The van der Waals surface area contributed by atoms with Crippen molar-refractivity contribution < 1.29 is 14.3 Å². The maximum absolute atomic E-state index is 5.65. The van der Waals surface area contributed by atoms with Crippen LogP contribution in [0.15, 0.2) is 41.6 Å². The van der Waals surface area contributed by atoms with Gasteiger partial charge in [0.05, 0.1) is 19.9 Å². The highest BCUT2D eigenvalue weighted by Gasteiger charge is 2.31. The van der Waals surface area contributed by atoms with Gasteiger partial charge in [-0.15, -0.1) is 12.4 Å². The average Bonchev–Trinajstić information content (AvgIpc) is 3.19. The first-order valence-electron chi connectivity index (χ1n) is 8.86. The van der Waals surface area contributed by atoms with E-state index in [1.807, 2.05) is 38.4 Å². The summed E-state index contributed by atoms with van der Waals surface area (Å²) in [6.07, 6.45) is 0. The molecule has 0 saturated heterocycles. The van der Waals surface area contributed by atoms with Gasteiger partial charge in [0.2, 0.25) is 0 Å². The van der Waals surface area contributed by atoms with Gasteiger partial charge in [0.1, 0.15) is 12.3 Å². The summed E-state index contributed by atoms with van der Waals surface area (Å²) in [4.78, 5) is 11.2. The molecule has 148 valence electrons. The van der Waals surface area contributed by atoms with Crippen LogP contribution in [0.5, 0.6) is 11.5 Å². The highest BCUT2D eigenvalue weighted by atomic mass is 35.5. The second-order valence-electron chi connectivity index (χ2n) is 6.75. The molecule has 6 nitrogen and oxygen atoms in total. The third-order valence-corrected chi connectivity index (χ3v) is 4.78. The van der Waals surface area contributed by atoms with E-state index >= 15 is 0 Å². The van der Waals surface area contributed by atoms with Crippen molar-refractivity contribution in [3.63, 3.8) is 0 Å². The van der Waals surface area contributed by atoms with Crippen LogP contribution in [-0.4, -0.2) is 57.1 Å². The normalized spacial score (nSPS) is 13.4. The number of para-hydroxylation sites is 1. The summed E-state index contributed by atoms with van der Waals surface area (Å²) in [5.74, 6) is 1.36. The Morgan fingerprint density at radius 2 is 1.68 bits per heavy atom. The van der Waals surface area contributed by atoms with E-state index in [-0.39, 0.29) is 12.4 Å². The predicted molar refractivity (Wildman–Crippen MR) is 114 cm³/mol. The molecule has 0 bridgehead atoms. The van der Waals surface area contributed by atoms with E-state index in [9.17, 15) is 0 Å². The van der Waals surface area contributed by atoms with Crippen molar-refractivity contribution in [2.24, 2.45) is 5.16 Å². The molecule has 3 aromatic rings. The van der Waals surface area contributed by atoms with Crippen LogP contribution in [0.1, 0.15) is 11.1 Å². The molecule has 28 heavy (non-hydrogen) atoms. The number of likely N-dealkylation sites (N-methyl/N-ethyl adjacent to an activating group) is 1. The van der Waals surface area contributed by atoms with Crippen molar-refractivity contribution >= 4 is 29.0 Å². The number of nitrogens with zero attached hydrogens (tertiary/aromatic N) is 2. The zero-order valence-electron chi connectivity index (χ0n) is 16.4. The molecule has 0 amide bonds. The second-order valence-corrected chi connectivity index (χ2v) is 6.75. The predicted octanol–water partition coefficient (Wildman–Crippen LogP) is 3.92. The second kappa shape index (κ2) is 8.12. The van der Waals surface area contributed by atoms with Crippen LogP contribution in [0.4, 0.5) is 0 Å². The fourth-order valence-electron chi connectivity index (χ4n) is 3.43. The standard InChI is InChI=1S/C21H23N3O3.ClH/c1-24(2)9-10-27-23-21-15-12-18(26-4)17(25-3)11-14(15)20-19(21)13-7-5-6-8-16(13)22-20;/h5-8,11-12,22H,9-10H2,1-4H3;1H. The molecule has 1 heterocycles. The third-order valence-electron chi connectivity index (χ3n) is 4.78. The van der Waals surface area contributed by atoms with Crippen molar-refractivity contribution in [3.8, 4) is 22.8 Å². The largest absolute Gasteiger partial charge is 0.493 e. The van der Waals surface area contributed by atoms with E-state index in [0.717, 1.165) is 45.5 Å². The Bertz CT molecular complexity index is 1030. The molecule has 0 aliphatic heterocycles. The van der Waals surface area contributed by atoms with Gasteiger partial charge in [0, 0.05) is 34.1 Å². The average molecular weight is 402 g/mol. The number of methoxy groups -OCH3 is 2. The Hall–Kier alpha value is -2.70. The van der Waals surface area contributed by atoms with Crippen molar-refractivity contribution in [2.75, 3.05) is 41.5 Å². The van der Waals surface area contributed by atoms with Crippen molar-refractivity contribution in [1.82, 2.24) is 9.88 Å². The van der Waals surface area contributed by atoms with E-state index in [1.165, 1.54) is 0 Å². The van der Waals surface area contributed by atoms with Crippen LogP contribution in [0.2, 0.25) is 0 Å². The van der Waals surface area contributed by atoms with E-state index in [2.05, 4.69) is 27.2 Å². The molecule has 0 saturated carbocycles. The van der Waals surface area contributed by atoms with E-state index < -0.39 is 0 Å². The van der Waals surface area contributed by atoms with Crippen molar-refractivity contribution in [3.05, 3.63) is 47.5 Å². The molecule has 4 rings (SSSR count). The number of nitrogens with one attached hydrogen (secondary N) is 1. The van der Waals surface area contributed by atoms with Gasteiger partial charge in [-0.1, -0.05) is 23.4 Å². The molecule has 7 heteroatoms. The van der Waals surface area contributed by atoms with Gasteiger partial charge >= 0.3 is 0 Å². The SMILES string of the molecule is COc1cc2c(cc1OC)-c1[nH]c3ccccc3c1C2=NOCCN(C)C.Cl. The van der Waals surface area contributed by atoms with Gasteiger partial charge in [-0.25, -0.2) is 0 Å². The zero-order chi connectivity index (χ0) is 19.0.